The van der Waals surface area contributed by atoms with Crippen LogP contribution in [0.25, 0.3) is 0 Å². The molecule has 0 N–H and O–H groups in total. The van der Waals surface area contributed by atoms with Gasteiger partial charge in [-0.1, -0.05) is 37.3 Å². The van der Waals surface area contributed by atoms with E-state index in [1.165, 1.54) is 12.1 Å². The summed E-state index contributed by atoms with van der Waals surface area (Å²) in [5.41, 5.74) is 1.95. The Morgan fingerprint density at radius 2 is 1.86 bits per heavy atom. The number of benzene rings is 2. The molecule has 1 amide bonds. The van der Waals surface area contributed by atoms with Crippen LogP contribution in [0.5, 0.6) is 0 Å². The van der Waals surface area contributed by atoms with E-state index in [0.717, 1.165) is 17.7 Å². The van der Waals surface area contributed by atoms with Gasteiger partial charge in [0.25, 0.3) is 11.6 Å². The van der Waals surface area contributed by atoms with E-state index in [4.69, 9.17) is 0 Å². The zero-order chi connectivity index (χ0) is 15.7. The van der Waals surface area contributed by atoms with E-state index in [-0.39, 0.29) is 17.2 Å². The number of amides is 1. The Morgan fingerprint density at radius 1 is 1.18 bits per heavy atom. The average molecular weight is 296 g/mol. The first-order valence-corrected chi connectivity index (χ1v) is 7.24. The van der Waals surface area contributed by atoms with E-state index < -0.39 is 4.92 Å². The number of hydrogen-bond acceptors (Lipinski definition) is 3. The van der Waals surface area contributed by atoms with Crippen LogP contribution in [-0.2, 0) is 0 Å². The molecular formula is C17H16N2O3. The lowest BCUT2D eigenvalue weighted by molar-refractivity contribution is -0.385. The summed E-state index contributed by atoms with van der Waals surface area (Å²) in [4.78, 5) is 25.1. The van der Waals surface area contributed by atoms with Crippen LogP contribution in [0.1, 0.15) is 35.2 Å². The molecule has 5 heteroatoms. The average Bonchev–Trinajstić information content (AvgIpc) is 2.55. The maximum absolute atomic E-state index is 12.8. The molecule has 0 aliphatic carbocycles. The van der Waals surface area contributed by atoms with Crippen LogP contribution < -0.4 is 4.90 Å². The fourth-order valence-corrected chi connectivity index (χ4v) is 2.92. The summed E-state index contributed by atoms with van der Waals surface area (Å²) >= 11 is 0. The number of nitro groups is 1. The Kier molecular flexibility index (Phi) is 3.63. The SMILES string of the molecule is CC1CCN(C(=O)c2ccccc2[N+](=O)[O-])c2ccccc21. The molecule has 1 atom stereocenters. The molecule has 1 unspecified atom stereocenters. The highest BCUT2D eigenvalue weighted by Gasteiger charge is 2.30. The second-order valence-corrected chi connectivity index (χ2v) is 5.48. The molecule has 0 saturated carbocycles. The molecule has 3 rings (SSSR count). The van der Waals surface area contributed by atoms with Crippen molar-refractivity contribution in [3.8, 4) is 0 Å². The van der Waals surface area contributed by atoms with Crippen molar-refractivity contribution in [2.45, 2.75) is 19.3 Å². The molecule has 112 valence electrons. The number of anilines is 1. The summed E-state index contributed by atoms with van der Waals surface area (Å²) in [6, 6.07) is 13.9. The molecule has 1 aliphatic heterocycles. The third-order valence-corrected chi connectivity index (χ3v) is 4.12. The molecule has 2 aromatic carbocycles. The van der Waals surface area contributed by atoms with Crippen molar-refractivity contribution >= 4 is 17.3 Å². The summed E-state index contributed by atoms with van der Waals surface area (Å²) in [6.07, 6.45) is 0.851. The number of carbonyl (C=O) groups excluding carboxylic acids is 1. The van der Waals surface area contributed by atoms with Gasteiger partial charge < -0.3 is 4.90 Å². The van der Waals surface area contributed by atoms with E-state index in [1.807, 2.05) is 24.3 Å². The van der Waals surface area contributed by atoms with E-state index >= 15 is 0 Å². The van der Waals surface area contributed by atoms with Gasteiger partial charge in [0, 0.05) is 18.3 Å². The quantitative estimate of drug-likeness (QED) is 0.626. The van der Waals surface area contributed by atoms with Crippen molar-refractivity contribution < 1.29 is 9.72 Å². The van der Waals surface area contributed by atoms with Gasteiger partial charge in [-0.15, -0.1) is 0 Å². The van der Waals surface area contributed by atoms with Gasteiger partial charge in [-0.3, -0.25) is 14.9 Å². The highest BCUT2D eigenvalue weighted by Crippen LogP contribution is 2.36. The number of para-hydroxylation sites is 2. The maximum atomic E-state index is 12.8. The normalized spacial score (nSPS) is 17.0. The minimum absolute atomic E-state index is 0.136. The van der Waals surface area contributed by atoms with Crippen molar-refractivity contribution in [3.63, 3.8) is 0 Å². The topological polar surface area (TPSA) is 63.5 Å². The summed E-state index contributed by atoms with van der Waals surface area (Å²) < 4.78 is 0. The number of rotatable bonds is 2. The predicted molar refractivity (Wildman–Crippen MR) is 84.2 cm³/mol. The number of fused-ring (bicyclic) bond motifs is 1. The van der Waals surface area contributed by atoms with Gasteiger partial charge >= 0.3 is 0 Å². The lowest BCUT2D eigenvalue weighted by Crippen LogP contribution is -2.36. The summed E-state index contributed by atoms with van der Waals surface area (Å²) in [6.45, 7) is 2.70. The van der Waals surface area contributed by atoms with Crippen molar-refractivity contribution in [3.05, 3.63) is 69.8 Å². The molecule has 1 aliphatic rings. The van der Waals surface area contributed by atoms with Crippen LogP contribution in [0.15, 0.2) is 48.5 Å². The molecule has 0 spiro atoms. The summed E-state index contributed by atoms with van der Waals surface area (Å²) in [7, 11) is 0. The molecular weight excluding hydrogens is 280 g/mol. The minimum atomic E-state index is -0.508. The fourth-order valence-electron chi connectivity index (χ4n) is 2.92. The summed E-state index contributed by atoms with van der Waals surface area (Å²) in [5.74, 6) is 0.0673. The van der Waals surface area contributed by atoms with Gasteiger partial charge in [-0.2, -0.15) is 0 Å². The Morgan fingerprint density at radius 3 is 2.64 bits per heavy atom. The Bertz CT molecular complexity index is 742. The number of hydrogen-bond donors (Lipinski definition) is 0. The van der Waals surface area contributed by atoms with Crippen LogP contribution in [0.3, 0.4) is 0 Å². The van der Waals surface area contributed by atoms with E-state index in [1.54, 1.807) is 17.0 Å². The minimum Gasteiger partial charge on any atom is -0.308 e. The van der Waals surface area contributed by atoms with E-state index in [9.17, 15) is 14.9 Å². The molecule has 0 radical (unpaired) electrons. The third-order valence-electron chi connectivity index (χ3n) is 4.12. The molecule has 2 aromatic rings. The standard InChI is InChI=1S/C17H16N2O3/c1-12-10-11-18(15-8-4-2-6-13(12)15)17(20)14-7-3-5-9-16(14)19(21)22/h2-9,12H,10-11H2,1H3. The van der Waals surface area contributed by atoms with Crippen molar-refractivity contribution in [1.82, 2.24) is 0 Å². The Labute approximate surface area is 128 Å². The van der Waals surface area contributed by atoms with Crippen LogP contribution in [-0.4, -0.2) is 17.4 Å². The van der Waals surface area contributed by atoms with Gasteiger partial charge in [0.1, 0.15) is 5.56 Å². The van der Waals surface area contributed by atoms with Gasteiger partial charge in [0.15, 0.2) is 0 Å². The van der Waals surface area contributed by atoms with Crippen LogP contribution >= 0.6 is 0 Å². The van der Waals surface area contributed by atoms with Gasteiger partial charge in [-0.25, -0.2) is 0 Å². The molecule has 0 aromatic heterocycles. The van der Waals surface area contributed by atoms with Gasteiger partial charge in [0.05, 0.1) is 4.92 Å². The molecule has 0 fully saturated rings. The van der Waals surface area contributed by atoms with Crippen LogP contribution in [0, 0.1) is 10.1 Å². The molecule has 1 heterocycles. The zero-order valence-corrected chi connectivity index (χ0v) is 12.2. The Balaban J connectivity index is 2.04. The third kappa shape index (κ3) is 2.35. The highest BCUT2D eigenvalue weighted by atomic mass is 16.6. The lowest BCUT2D eigenvalue weighted by atomic mass is 9.91. The Hall–Kier alpha value is -2.69. The monoisotopic (exact) mass is 296 g/mol. The predicted octanol–water partition coefficient (Wildman–Crippen LogP) is 3.75. The number of nitrogens with zero attached hydrogens (tertiary/aromatic N) is 2. The zero-order valence-electron chi connectivity index (χ0n) is 12.2. The van der Waals surface area contributed by atoms with Gasteiger partial charge in [-0.05, 0) is 30.0 Å². The summed E-state index contributed by atoms with van der Waals surface area (Å²) in [5, 5.41) is 11.1. The van der Waals surface area contributed by atoms with Crippen molar-refractivity contribution in [2.75, 3.05) is 11.4 Å². The first-order chi connectivity index (χ1) is 10.6. The first-order valence-electron chi connectivity index (χ1n) is 7.24. The van der Waals surface area contributed by atoms with Crippen molar-refractivity contribution in [1.29, 1.82) is 0 Å². The largest absolute Gasteiger partial charge is 0.308 e. The number of carbonyl (C=O) groups is 1. The maximum Gasteiger partial charge on any atom is 0.282 e. The fraction of sp³-hybridized carbons (Fsp3) is 0.235. The molecule has 0 bridgehead atoms. The molecule has 5 nitrogen and oxygen atoms in total. The van der Waals surface area contributed by atoms with Crippen LogP contribution in [0.2, 0.25) is 0 Å². The van der Waals surface area contributed by atoms with Gasteiger partial charge in [0.2, 0.25) is 0 Å². The second-order valence-electron chi connectivity index (χ2n) is 5.48. The lowest BCUT2D eigenvalue weighted by Gasteiger charge is -2.32. The van der Waals surface area contributed by atoms with E-state index in [0.29, 0.717) is 12.5 Å². The second kappa shape index (κ2) is 5.60. The smallest absolute Gasteiger partial charge is 0.282 e. The first kappa shape index (κ1) is 14.3. The molecule has 22 heavy (non-hydrogen) atoms. The van der Waals surface area contributed by atoms with E-state index in [2.05, 4.69) is 6.92 Å². The molecule has 0 saturated heterocycles. The highest BCUT2D eigenvalue weighted by molar-refractivity contribution is 6.09. The van der Waals surface area contributed by atoms with Crippen LogP contribution in [0.4, 0.5) is 11.4 Å². The van der Waals surface area contributed by atoms with Crippen molar-refractivity contribution in [2.24, 2.45) is 0 Å². The number of nitro benzene ring substituents is 1.